The Balaban J connectivity index is 1.55. The molecule has 27 heavy (non-hydrogen) atoms. The number of rotatable bonds is 4. The average Bonchev–Trinajstić information content (AvgIpc) is 2.60. The average molecular weight is 374 g/mol. The van der Waals surface area contributed by atoms with E-state index in [0.717, 1.165) is 56.3 Å². The van der Waals surface area contributed by atoms with Crippen molar-refractivity contribution in [1.82, 2.24) is 20.2 Å². The molecule has 1 amide bonds. The minimum Gasteiger partial charge on any atom is -0.444 e. The van der Waals surface area contributed by atoms with Gasteiger partial charge in [0.25, 0.3) is 0 Å². The molecule has 7 nitrogen and oxygen atoms in total. The quantitative estimate of drug-likeness (QED) is 0.878. The van der Waals surface area contributed by atoms with Crippen LogP contribution in [0.15, 0.2) is 11.2 Å². The predicted octanol–water partition coefficient (Wildman–Crippen LogP) is 2.72. The van der Waals surface area contributed by atoms with E-state index in [1.165, 1.54) is 18.4 Å². The molecule has 1 atom stereocenters. The number of carbonyl (C=O) groups excluding carboxylic acids is 1. The molecule has 1 unspecified atom stereocenters. The zero-order chi connectivity index (χ0) is 19.4. The first kappa shape index (κ1) is 19.7. The molecule has 7 heteroatoms. The molecule has 0 bridgehead atoms. The molecule has 0 spiro atoms. The maximum Gasteiger partial charge on any atom is 0.407 e. The van der Waals surface area contributed by atoms with E-state index >= 15 is 0 Å². The fraction of sp³-hybridized carbons (Fsp3) is 0.700. The van der Waals surface area contributed by atoms with Crippen molar-refractivity contribution >= 4 is 11.8 Å². The lowest BCUT2D eigenvalue weighted by molar-refractivity contribution is 0.0495. The van der Waals surface area contributed by atoms with Crippen LogP contribution in [0.5, 0.6) is 0 Å². The van der Waals surface area contributed by atoms with Crippen LogP contribution in [-0.2, 0) is 17.7 Å². The molecule has 0 saturated heterocycles. The van der Waals surface area contributed by atoms with E-state index in [0.29, 0.717) is 0 Å². The summed E-state index contributed by atoms with van der Waals surface area (Å²) in [5, 5.41) is 2.91. The van der Waals surface area contributed by atoms with E-state index in [4.69, 9.17) is 9.72 Å². The summed E-state index contributed by atoms with van der Waals surface area (Å²) in [5.41, 5.74) is 2.88. The highest BCUT2D eigenvalue weighted by Gasteiger charge is 2.23. The molecule has 0 saturated carbocycles. The van der Waals surface area contributed by atoms with Crippen molar-refractivity contribution in [2.45, 2.75) is 71.6 Å². The number of aromatic nitrogens is 2. The van der Waals surface area contributed by atoms with Crippen molar-refractivity contribution in [2.75, 3.05) is 19.6 Å². The zero-order valence-corrected chi connectivity index (χ0v) is 16.9. The molecule has 3 heterocycles. The number of amides is 1. The van der Waals surface area contributed by atoms with Gasteiger partial charge in [-0.05, 0) is 47.0 Å². The highest BCUT2D eigenvalue weighted by atomic mass is 16.6. The molecule has 2 aliphatic rings. The Morgan fingerprint density at radius 2 is 2.15 bits per heavy atom. The van der Waals surface area contributed by atoms with Gasteiger partial charge >= 0.3 is 6.09 Å². The first-order chi connectivity index (χ1) is 12.8. The molecule has 3 rings (SSSR count). The number of carbonyl (C=O) groups is 1. The third kappa shape index (κ3) is 5.73. The van der Waals surface area contributed by atoms with Crippen LogP contribution in [0.3, 0.4) is 0 Å². The van der Waals surface area contributed by atoms with Crippen LogP contribution in [0.1, 0.15) is 64.0 Å². The van der Waals surface area contributed by atoms with Gasteiger partial charge in [-0.2, -0.15) is 0 Å². The standard InChI is InChI=1S/C20H31N5O2/c1-14(23-19(26)27-20(2,3)4)12-25-10-8-16-15(13-25)11-22-18(24-16)17-7-5-6-9-21-17/h11,14H,5-10,12-13H2,1-4H3,(H,23,26). The second kappa shape index (κ2) is 8.33. The van der Waals surface area contributed by atoms with Crippen LogP contribution >= 0.6 is 0 Å². The maximum absolute atomic E-state index is 11.9. The minimum absolute atomic E-state index is 0.0122. The zero-order valence-electron chi connectivity index (χ0n) is 16.9. The van der Waals surface area contributed by atoms with Gasteiger partial charge in [-0.3, -0.25) is 9.89 Å². The summed E-state index contributed by atoms with van der Waals surface area (Å²) < 4.78 is 5.32. The normalized spacial score (nSPS) is 19.0. The Kier molecular flexibility index (Phi) is 6.09. The molecule has 2 aliphatic heterocycles. The van der Waals surface area contributed by atoms with Crippen LogP contribution in [0, 0.1) is 0 Å². The molecule has 148 valence electrons. The Morgan fingerprint density at radius 3 is 2.85 bits per heavy atom. The molecule has 0 fully saturated rings. The summed E-state index contributed by atoms with van der Waals surface area (Å²) in [6, 6.07) is 0.0122. The number of nitrogens with zero attached hydrogens (tertiary/aromatic N) is 4. The highest BCUT2D eigenvalue weighted by molar-refractivity contribution is 5.97. The van der Waals surface area contributed by atoms with Crippen molar-refractivity contribution in [3.8, 4) is 0 Å². The topological polar surface area (TPSA) is 79.7 Å². The van der Waals surface area contributed by atoms with Gasteiger partial charge in [0.15, 0.2) is 5.82 Å². The van der Waals surface area contributed by atoms with Crippen molar-refractivity contribution in [3.05, 3.63) is 23.3 Å². The number of hydrogen-bond acceptors (Lipinski definition) is 6. The molecular weight excluding hydrogens is 342 g/mol. The Morgan fingerprint density at radius 1 is 1.33 bits per heavy atom. The number of nitrogens with one attached hydrogen (secondary N) is 1. The van der Waals surface area contributed by atoms with Gasteiger partial charge in [-0.25, -0.2) is 14.8 Å². The number of ether oxygens (including phenoxy) is 1. The van der Waals surface area contributed by atoms with Gasteiger partial charge in [-0.15, -0.1) is 0 Å². The van der Waals surface area contributed by atoms with Gasteiger partial charge in [0.1, 0.15) is 5.60 Å². The molecule has 0 aliphatic carbocycles. The van der Waals surface area contributed by atoms with E-state index in [1.807, 2.05) is 33.9 Å². The van der Waals surface area contributed by atoms with Crippen molar-refractivity contribution in [1.29, 1.82) is 0 Å². The van der Waals surface area contributed by atoms with Crippen LogP contribution in [0.25, 0.3) is 0 Å². The molecule has 1 aromatic heterocycles. The third-order valence-electron chi connectivity index (χ3n) is 4.69. The summed E-state index contributed by atoms with van der Waals surface area (Å²) in [6.07, 6.45) is 5.81. The number of fused-ring (bicyclic) bond motifs is 1. The summed E-state index contributed by atoms with van der Waals surface area (Å²) in [7, 11) is 0. The molecular formula is C20H31N5O2. The predicted molar refractivity (Wildman–Crippen MR) is 105 cm³/mol. The second-order valence-electron chi connectivity index (χ2n) is 8.48. The van der Waals surface area contributed by atoms with E-state index in [-0.39, 0.29) is 12.1 Å². The summed E-state index contributed by atoms with van der Waals surface area (Å²) in [5.74, 6) is 0.807. The van der Waals surface area contributed by atoms with Crippen LogP contribution < -0.4 is 5.32 Å². The largest absolute Gasteiger partial charge is 0.444 e. The van der Waals surface area contributed by atoms with Gasteiger partial charge in [0.2, 0.25) is 0 Å². The van der Waals surface area contributed by atoms with Gasteiger partial charge in [0.05, 0.1) is 11.4 Å². The number of hydrogen-bond donors (Lipinski definition) is 1. The summed E-state index contributed by atoms with van der Waals surface area (Å²) in [4.78, 5) is 28.2. The van der Waals surface area contributed by atoms with Gasteiger partial charge < -0.3 is 10.1 Å². The summed E-state index contributed by atoms with van der Waals surface area (Å²) in [6.45, 7) is 11.0. The van der Waals surface area contributed by atoms with Gasteiger partial charge in [-0.1, -0.05) is 0 Å². The van der Waals surface area contributed by atoms with E-state index < -0.39 is 5.60 Å². The molecule has 1 aromatic rings. The first-order valence-electron chi connectivity index (χ1n) is 9.90. The van der Waals surface area contributed by atoms with Crippen LogP contribution in [0.2, 0.25) is 0 Å². The molecule has 0 aromatic carbocycles. The fourth-order valence-corrected chi connectivity index (χ4v) is 3.49. The Bertz CT molecular complexity index is 711. The van der Waals surface area contributed by atoms with Crippen molar-refractivity contribution < 1.29 is 9.53 Å². The molecule has 1 N–H and O–H groups in total. The maximum atomic E-state index is 11.9. The van der Waals surface area contributed by atoms with Gasteiger partial charge in [0, 0.05) is 50.4 Å². The summed E-state index contributed by atoms with van der Waals surface area (Å²) >= 11 is 0. The van der Waals surface area contributed by atoms with E-state index in [9.17, 15) is 4.79 Å². The fourth-order valence-electron chi connectivity index (χ4n) is 3.49. The number of aliphatic imine (C=N–C) groups is 1. The third-order valence-corrected chi connectivity index (χ3v) is 4.69. The lowest BCUT2D eigenvalue weighted by atomic mass is 10.1. The monoisotopic (exact) mass is 373 g/mol. The van der Waals surface area contributed by atoms with Crippen molar-refractivity contribution in [2.24, 2.45) is 4.99 Å². The van der Waals surface area contributed by atoms with E-state index in [2.05, 4.69) is 20.2 Å². The first-order valence-corrected chi connectivity index (χ1v) is 9.90. The van der Waals surface area contributed by atoms with E-state index in [1.54, 1.807) is 0 Å². The van der Waals surface area contributed by atoms with Crippen LogP contribution in [-0.4, -0.2) is 57.9 Å². The Hall–Kier alpha value is -2.02. The second-order valence-corrected chi connectivity index (χ2v) is 8.48. The Labute approximate surface area is 161 Å². The minimum atomic E-state index is -0.481. The van der Waals surface area contributed by atoms with Crippen molar-refractivity contribution in [3.63, 3.8) is 0 Å². The lowest BCUT2D eigenvalue weighted by Crippen LogP contribution is -2.45. The smallest absolute Gasteiger partial charge is 0.407 e. The van der Waals surface area contributed by atoms with Crippen LogP contribution in [0.4, 0.5) is 4.79 Å². The highest BCUT2D eigenvalue weighted by Crippen LogP contribution is 2.18. The molecule has 0 radical (unpaired) electrons. The lowest BCUT2D eigenvalue weighted by Gasteiger charge is -2.31. The number of alkyl carbamates (subject to hydrolysis) is 1. The SMILES string of the molecule is CC(CN1CCc2nc(C3=NCCCC3)ncc2C1)NC(=O)OC(C)(C)C.